The van der Waals surface area contributed by atoms with Gasteiger partial charge >= 0.3 is 5.69 Å². The third-order valence-electron chi connectivity index (χ3n) is 3.47. The molecule has 1 atom stereocenters. The van der Waals surface area contributed by atoms with Crippen LogP contribution in [0.15, 0.2) is 6.33 Å². The number of nitro groups is 1. The van der Waals surface area contributed by atoms with Crippen LogP contribution in [0.3, 0.4) is 0 Å². The number of hydrogen-bond acceptors (Lipinski definition) is 6. The van der Waals surface area contributed by atoms with Crippen molar-refractivity contribution in [1.82, 2.24) is 9.97 Å². The molecule has 1 N–H and O–H groups in total. The summed E-state index contributed by atoms with van der Waals surface area (Å²) in [5, 5.41) is 14.3. The normalized spacial score (nSPS) is 21.1. The van der Waals surface area contributed by atoms with Crippen LogP contribution in [-0.2, 0) is 0 Å². The summed E-state index contributed by atoms with van der Waals surface area (Å²) in [6.45, 7) is 4.40. The maximum atomic E-state index is 11.1. The average Bonchev–Trinajstić information content (AvgIpc) is 2.68. The molecule has 1 aliphatic carbocycles. The molecular formula is C12H18N4O3. The molecule has 104 valence electrons. The van der Waals surface area contributed by atoms with Crippen molar-refractivity contribution in [3.63, 3.8) is 0 Å². The molecule has 0 radical (unpaired) electrons. The monoisotopic (exact) mass is 266 g/mol. The summed E-state index contributed by atoms with van der Waals surface area (Å²) < 4.78 is 4.92. The van der Waals surface area contributed by atoms with Gasteiger partial charge in [-0.25, -0.2) is 4.98 Å². The van der Waals surface area contributed by atoms with E-state index in [1.807, 2.05) is 0 Å². The molecule has 7 nitrogen and oxygen atoms in total. The lowest BCUT2D eigenvalue weighted by Crippen LogP contribution is -2.19. The SMILES string of the molecule is COc1ncnc(NC2CCC(C)(C)C2)c1[N+](=O)[O-]. The second-order valence-corrected chi connectivity index (χ2v) is 5.59. The van der Waals surface area contributed by atoms with Gasteiger partial charge in [0.1, 0.15) is 6.33 Å². The van der Waals surface area contributed by atoms with Gasteiger partial charge in [-0.1, -0.05) is 13.8 Å². The van der Waals surface area contributed by atoms with Crippen LogP contribution in [-0.4, -0.2) is 28.0 Å². The van der Waals surface area contributed by atoms with Gasteiger partial charge in [0.15, 0.2) is 0 Å². The molecule has 2 rings (SSSR count). The van der Waals surface area contributed by atoms with E-state index < -0.39 is 4.92 Å². The van der Waals surface area contributed by atoms with E-state index in [4.69, 9.17) is 4.74 Å². The van der Waals surface area contributed by atoms with Crippen molar-refractivity contribution in [3.8, 4) is 5.88 Å². The molecule has 19 heavy (non-hydrogen) atoms. The molecule has 0 bridgehead atoms. The van der Waals surface area contributed by atoms with Crippen LogP contribution in [0.25, 0.3) is 0 Å². The Bertz CT molecular complexity index is 490. The van der Waals surface area contributed by atoms with E-state index in [9.17, 15) is 10.1 Å². The van der Waals surface area contributed by atoms with Crippen LogP contribution in [0, 0.1) is 15.5 Å². The van der Waals surface area contributed by atoms with E-state index in [-0.39, 0.29) is 28.8 Å². The summed E-state index contributed by atoms with van der Waals surface area (Å²) in [5.41, 5.74) is 0.0681. The first-order valence-electron chi connectivity index (χ1n) is 6.23. The predicted molar refractivity (Wildman–Crippen MR) is 70.3 cm³/mol. The summed E-state index contributed by atoms with van der Waals surface area (Å²) >= 11 is 0. The van der Waals surface area contributed by atoms with Gasteiger partial charge < -0.3 is 10.1 Å². The highest BCUT2D eigenvalue weighted by Gasteiger charge is 2.33. The second-order valence-electron chi connectivity index (χ2n) is 5.59. The molecule has 1 heterocycles. The average molecular weight is 266 g/mol. The summed E-state index contributed by atoms with van der Waals surface area (Å²) in [4.78, 5) is 18.3. The van der Waals surface area contributed by atoms with Crippen LogP contribution in [0.4, 0.5) is 11.5 Å². The Balaban J connectivity index is 2.23. The van der Waals surface area contributed by atoms with E-state index in [0.717, 1.165) is 19.3 Å². The Morgan fingerprint density at radius 1 is 1.53 bits per heavy atom. The maximum absolute atomic E-state index is 11.1. The van der Waals surface area contributed by atoms with Gasteiger partial charge in [-0.05, 0) is 24.7 Å². The Morgan fingerprint density at radius 2 is 2.26 bits per heavy atom. The topological polar surface area (TPSA) is 90.2 Å². The van der Waals surface area contributed by atoms with Crippen molar-refractivity contribution in [1.29, 1.82) is 0 Å². The molecule has 1 aromatic rings. The lowest BCUT2D eigenvalue weighted by molar-refractivity contribution is -0.385. The highest BCUT2D eigenvalue weighted by molar-refractivity contribution is 5.61. The molecule has 1 aromatic heterocycles. The van der Waals surface area contributed by atoms with Gasteiger partial charge in [-0.15, -0.1) is 0 Å². The van der Waals surface area contributed by atoms with Crippen LogP contribution >= 0.6 is 0 Å². The number of aromatic nitrogens is 2. The van der Waals surface area contributed by atoms with Crippen molar-refractivity contribution >= 4 is 11.5 Å². The minimum absolute atomic E-state index is 0.0141. The van der Waals surface area contributed by atoms with E-state index in [1.165, 1.54) is 13.4 Å². The highest BCUT2D eigenvalue weighted by atomic mass is 16.6. The summed E-state index contributed by atoms with van der Waals surface area (Å²) in [6.07, 6.45) is 4.32. The molecule has 1 fully saturated rings. The summed E-state index contributed by atoms with van der Waals surface area (Å²) in [6, 6.07) is 0.202. The largest absolute Gasteiger partial charge is 0.476 e. The number of nitrogens with one attached hydrogen (secondary N) is 1. The molecule has 1 aliphatic rings. The van der Waals surface area contributed by atoms with Crippen molar-refractivity contribution in [2.45, 2.75) is 39.2 Å². The fraction of sp³-hybridized carbons (Fsp3) is 0.667. The van der Waals surface area contributed by atoms with E-state index in [0.29, 0.717) is 0 Å². The molecule has 7 heteroatoms. The highest BCUT2D eigenvalue weighted by Crippen LogP contribution is 2.39. The molecule has 0 saturated heterocycles. The smallest absolute Gasteiger partial charge is 0.372 e. The molecule has 0 spiro atoms. The molecule has 0 aromatic carbocycles. The Morgan fingerprint density at radius 3 is 2.79 bits per heavy atom. The van der Waals surface area contributed by atoms with Crippen molar-refractivity contribution in [2.24, 2.45) is 5.41 Å². The Hall–Kier alpha value is -1.92. The van der Waals surface area contributed by atoms with E-state index >= 15 is 0 Å². The van der Waals surface area contributed by atoms with Crippen molar-refractivity contribution < 1.29 is 9.66 Å². The molecule has 1 saturated carbocycles. The number of anilines is 1. The second kappa shape index (κ2) is 4.99. The first-order chi connectivity index (χ1) is 8.93. The molecule has 0 amide bonds. The van der Waals surface area contributed by atoms with E-state index in [2.05, 4.69) is 29.1 Å². The minimum atomic E-state index is -0.513. The quantitative estimate of drug-likeness (QED) is 0.664. The lowest BCUT2D eigenvalue weighted by Gasteiger charge is -2.18. The van der Waals surface area contributed by atoms with Crippen LogP contribution in [0.2, 0.25) is 0 Å². The van der Waals surface area contributed by atoms with Gasteiger partial charge in [-0.3, -0.25) is 10.1 Å². The van der Waals surface area contributed by atoms with Crippen molar-refractivity contribution in [3.05, 3.63) is 16.4 Å². The lowest BCUT2D eigenvalue weighted by atomic mass is 9.92. The number of hydrogen-bond donors (Lipinski definition) is 1. The standard InChI is InChI=1S/C12H18N4O3/c1-12(2)5-4-8(6-12)15-10-9(16(17)18)11(19-3)14-7-13-10/h7-8H,4-6H2,1-3H3,(H,13,14,15). The molecule has 0 aliphatic heterocycles. The first-order valence-corrected chi connectivity index (χ1v) is 6.23. The van der Waals surface area contributed by atoms with Crippen molar-refractivity contribution in [2.75, 3.05) is 12.4 Å². The van der Waals surface area contributed by atoms with Gasteiger partial charge in [0.2, 0.25) is 5.82 Å². The number of nitrogens with zero attached hydrogens (tertiary/aromatic N) is 3. The van der Waals surface area contributed by atoms with E-state index in [1.54, 1.807) is 0 Å². The van der Waals surface area contributed by atoms with Crippen LogP contribution in [0.5, 0.6) is 5.88 Å². The molecular weight excluding hydrogens is 248 g/mol. The number of methoxy groups -OCH3 is 1. The van der Waals surface area contributed by atoms with Gasteiger partial charge in [0.25, 0.3) is 5.88 Å². The first kappa shape index (κ1) is 13.5. The minimum Gasteiger partial charge on any atom is -0.476 e. The number of ether oxygens (including phenoxy) is 1. The maximum Gasteiger partial charge on any atom is 0.372 e. The fourth-order valence-electron chi connectivity index (χ4n) is 2.53. The Kier molecular flexibility index (Phi) is 3.55. The number of rotatable bonds is 4. The van der Waals surface area contributed by atoms with Gasteiger partial charge in [0.05, 0.1) is 12.0 Å². The fourth-order valence-corrected chi connectivity index (χ4v) is 2.53. The Labute approximate surface area is 111 Å². The third kappa shape index (κ3) is 2.91. The third-order valence-corrected chi connectivity index (χ3v) is 3.47. The summed E-state index contributed by atoms with van der Waals surface area (Å²) in [7, 11) is 1.36. The zero-order valence-corrected chi connectivity index (χ0v) is 11.3. The zero-order chi connectivity index (χ0) is 14.0. The van der Waals surface area contributed by atoms with Gasteiger partial charge in [0, 0.05) is 6.04 Å². The van der Waals surface area contributed by atoms with Gasteiger partial charge in [-0.2, -0.15) is 4.98 Å². The molecule has 1 unspecified atom stereocenters. The van der Waals surface area contributed by atoms with Crippen LogP contribution in [0.1, 0.15) is 33.1 Å². The summed E-state index contributed by atoms with van der Waals surface area (Å²) in [5.74, 6) is 0.222. The predicted octanol–water partition coefficient (Wildman–Crippen LogP) is 2.38. The zero-order valence-electron chi connectivity index (χ0n) is 11.3. The van der Waals surface area contributed by atoms with Crippen LogP contribution < -0.4 is 10.1 Å².